The van der Waals surface area contributed by atoms with Gasteiger partial charge in [0.05, 0.1) is 0 Å². The van der Waals surface area contributed by atoms with Crippen LogP contribution in [0, 0.1) is 48.3 Å². The molecule has 0 bridgehead atoms. The van der Waals surface area contributed by atoms with Crippen molar-refractivity contribution in [3.8, 4) is 0 Å². The topological polar surface area (TPSA) is 62.3 Å². The Morgan fingerprint density at radius 1 is 1.12 bits per heavy atom. The summed E-state index contributed by atoms with van der Waals surface area (Å²) in [5.74, 6) is 1.56. The van der Waals surface area contributed by atoms with E-state index in [1.54, 1.807) is 0 Å². The van der Waals surface area contributed by atoms with E-state index in [0.717, 1.165) is 23.6 Å². The van der Waals surface area contributed by atoms with Gasteiger partial charge in [0.25, 0.3) is 0 Å². The molecule has 1 aromatic heterocycles. The lowest BCUT2D eigenvalue weighted by molar-refractivity contribution is -0.147. The minimum atomic E-state index is -0.671. The third kappa shape index (κ3) is 3.45. The van der Waals surface area contributed by atoms with Crippen molar-refractivity contribution in [3.05, 3.63) is 34.7 Å². The highest BCUT2D eigenvalue weighted by Crippen LogP contribution is 2.65. The van der Waals surface area contributed by atoms with Gasteiger partial charge in [-0.2, -0.15) is 0 Å². The van der Waals surface area contributed by atoms with Gasteiger partial charge in [-0.15, -0.1) is 0 Å². The summed E-state index contributed by atoms with van der Waals surface area (Å²) in [6, 6.07) is 3.86. The Kier molecular flexibility index (Phi) is 5.26. The van der Waals surface area contributed by atoms with Crippen molar-refractivity contribution in [1.29, 1.82) is 0 Å². The molecule has 33 heavy (non-hydrogen) atoms. The number of hydrogen-bond donors (Lipinski definition) is 1. The fourth-order valence-electron chi connectivity index (χ4n) is 8.57. The molecule has 2 amide bonds. The van der Waals surface area contributed by atoms with Gasteiger partial charge < -0.3 is 10.2 Å². The van der Waals surface area contributed by atoms with Gasteiger partial charge in [0.15, 0.2) is 0 Å². The number of allylic oxidation sites excluding steroid dienone is 2. The van der Waals surface area contributed by atoms with E-state index in [1.807, 2.05) is 37.9 Å². The average molecular weight is 450 g/mol. The van der Waals surface area contributed by atoms with Crippen LogP contribution in [0.25, 0.3) is 0 Å². The molecule has 0 radical (unpaired) electrons. The first-order valence-electron chi connectivity index (χ1n) is 12.8. The molecule has 178 valence electrons. The van der Waals surface area contributed by atoms with Gasteiger partial charge in [-0.1, -0.05) is 25.8 Å². The van der Waals surface area contributed by atoms with Crippen molar-refractivity contribution in [2.45, 2.75) is 79.6 Å². The zero-order valence-electron chi connectivity index (χ0n) is 21.1. The lowest BCUT2D eigenvalue weighted by Crippen LogP contribution is -2.57. The molecule has 5 rings (SSSR count). The van der Waals surface area contributed by atoms with Crippen LogP contribution in [-0.2, 0) is 9.59 Å². The maximum atomic E-state index is 13.4. The van der Waals surface area contributed by atoms with Crippen LogP contribution < -0.4 is 5.32 Å². The zero-order valence-corrected chi connectivity index (χ0v) is 21.1. The maximum Gasteiger partial charge on any atom is 0.239 e. The molecule has 1 saturated heterocycles. The van der Waals surface area contributed by atoms with Gasteiger partial charge in [0.2, 0.25) is 11.8 Å². The molecular formula is C28H39N3O2. The van der Waals surface area contributed by atoms with Crippen molar-refractivity contribution in [3.63, 3.8) is 0 Å². The highest BCUT2D eigenvalue weighted by molar-refractivity contribution is 6.07. The van der Waals surface area contributed by atoms with E-state index in [0.29, 0.717) is 29.5 Å². The van der Waals surface area contributed by atoms with E-state index in [-0.39, 0.29) is 17.2 Å². The number of nitrogens with one attached hydrogen (secondary N) is 1. The average Bonchev–Trinajstić information content (AvgIpc) is 3.12. The van der Waals surface area contributed by atoms with E-state index in [1.165, 1.54) is 43.4 Å². The van der Waals surface area contributed by atoms with E-state index in [9.17, 15) is 9.59 Å². The number of pyridine rings is 1. The second kappa shape index (κ2) is 7.68. The normalized spacial score (nSPS) is 38.0. The van der Waals surface area contributed by atoms with Crippen molar-refractivity contribution in [2.75, 3.05) is 12.4 Å². The van der Waals surface area contributed by atoms with Crippen LogP contribution in [0.15, 0.2) is 23.4 Å². The molecule has 0 aromatic carbocycles. The number of hydrogen-bond acceptors (Lipinski definition) is 3. The summed E-state index contributed by atoms with van der Waals surface area (Å²) in [4.78, 5) is 33.2. The molecule has 5 nitrogen and oxygen atoms in total. The monoisotopic (exact) mass is 449 g/mol. The third-order valence-electron chi connectivity index (χ3n) is 9.78. The number of carbonyl (C=O) groups excluding carboxylic acids is 2. The molecule has 2 saturated carbocycles. The van der Waals surface area contributed by atoms with Crippen LogP contribution in [0.2, 0.25) is 0 Å². The fraction of sp³-hybridized carbons (Fsp3) is 0.679. The van der Waals surface area contributed by atoms with Crippen molar-refractivity contribution in [2.24, 2.45) is 34.5 Å². The van der Waals surface area contributed by atoms with Crippen LogP contribution >= 0.6 is 0 Å². The van der Waals surface area contributed by atoms with Crippen LogP contribution in [-0.4, -0.2) is 28.7 Å². The Hall–Kier alpha value is -2.17. The molecular weight excluding hydrogens is 410 g/mol. The Morgan fingerprint density at radius 2 is 1.88 bits per heavy atom. The van der Waals surface area contributed by atoms with Crippen molar-refractivity contribution >= 4 is 17.6 Å². The van der Waals surface area contributed by atoms with Crippen LogP contribution in [0.3, 0.4) is 0 Å². The maximum absolute atomic E-state index is 13.4. The SMILES string of the molecule is CC1=C2N(C)C(=O)C(C(=O)Nc3cc(C)cc(C)n3)C[C@]2(C)[C@@H]2CC[C@]3(C)CCC[C@H]3[C@@H]2C1. The van der Waals surface area contributed by atoms with E-state index in [2.05, 4.69) is 31.1 Å². The Balaban J connectivity index is 1.47. The highest BCUT2D eigenvalue weighted by Gasteiger charge is 2.60. The fourth-order valence-corrected chi connectivity index (χ4v) is 8.57. The molecule has 3 fully saturated rings. The molecule has 1 aromatic rings. The number of piperidine rings is 1. The summed E-state index contributed by atoms with van der Waals surface area (Å²) in [6.45, 7) is 11.0. The van der Waals surface area contributed by atoms with Gasteiger partial charge in [0.1, 0.15) is 11.7 Å². The summed E-state index contributed by atoms with van der Waals surface area (Å²) >= 11 is 0. The van der Waals surface area contributed by atoms with Crippen molar-refractivity contribution < 1.29 is 9.59 Å². The first kappa shape index (κ1) is 22.6. The lowest BCUT2D eigenvalue weighted by Gasteiger charge is -2.59. The molecule has 1 unspecified atom stereocenters. The number of fused-ring (bicyclic) bond motifs is 5. The quantitative estimate of drug-likeness (QED) is 0.595. The predicted molar refractivity (Wildman–Crippen MR) is 130 cm³/mol. The minimum absolute atomic E-state index is 0.0799. The number of amides is 2. The summed E-state index contributed by atoms with van der Waals surface area (Å²) < 4.78 is 0. The van der Waals surface area contributed by atoms with E-state index in [4.69, 9.17) is 0 Å². The van der Waals surface area contributed by atoms with Crippen LogP contribution in [0.5, 0.6) is 0 Å². The number of likely N-dealkylation sites (tertiary alicyclic amines) is 1. The largest absolute Gasteiger partial charge is 0.318 e. The molecule has 5 heteroatoms. The second-order valence-electron chi connectivity index (χ2n) is 12.0. The first-order valence-corrected chi connectivity index (χ1v) is 12.8. The number of aryl methyl sites for hydroxylation is 2. The van der Waals surface area contributed by atoms with Crippen molar-refractivity contribution in [1.82, 2.24) is 9.88 Å². The third-order valence-corrected chi connectivity index (χ3v) is 9.78. The van der Waals surface area contributed by atoms with E-state index >= 15 is 0 Å². The smallest absolute Gasteiger partial charge is 0.239 e. The molecule has 1 N–H and O–H groups in total. The predicted octanol–water partition coefficient (Wildman–Crippen LogP) is 5.63. The van der Waals surface area contributed by atoms with Gasteiger partial charge >= 0.3 is 0 Å². The molecule has 0 spiro atoms. The number of aromatic nitrogens is 1. The summed E-state index contributed by atoms with van der Waals surface area (Å²) in [7, 11) is 1.89. The molecule has 3 aliphatic carbocycles. The standard InChI is InChI=1S/C28H39N3O2/c1-16-12-18(3)29-23(13-16)30-25(32)20-15-28(5)22-9-11-27(4)10-7-8-21(27)19(22)14-17(2)24(28)31(6)26(20)33/h12-13,19-22H,7-11,14-15H2,1-6H3,(H,29,30,32)/t19-,20?,21-,22+,27-,28+/m0/s1. The number of anilines is 1. The molecule has 1 aliphatic heterocycles. The number of carbonyl (C=O) groups is 2. The Labute approximate surface area is 198 Å². The summed E-state index contributed by atoms with van der Waals surface area (Å²) in [6.07, 6.45) is 8.25. The second-order valence-corrected chi connectivity index (χ2v) is 12.0. The first-order chi connectivity index (χ1) is 15.5. The molecule has 6 atom stereocenters. The van der Waals surface area contributed by atoms with Crippen LogP contribution in [0.4, 0.5) is 5.82 Å². The van der Waals surface area contributed by atoms with Gasteiger partial charge in [-0.05, 0) is 100 Å². The van der Waals surface area contributed by atoms with Crippen LogP contribution in [0.1, 0.15) is 77.0 Å². The van der Waals surface area contributed by atoms with Gasteiger partial charge in [-0.3, -0.25) is 9.59 Å². The molecule has 2 heterocycles. The lowest BCUT2D eigenvalue weighted by atomic mass is 9.48. The number of nitrogens with zero attached hydrogens (tertiary/aromatic N) is 2. The van der Waals surface area contributed by atoms with Gasteiger partial charge in [-0.25, -0.2) is 4.98 Å². The minimum Gasteiger partial charge on any atom is -0.318 e. The molecule has 4 aliphatic rings. The summed E-state index contributed by atoms with van der Waals surface area (Å²) in [5, 5.41) is 2.97. The zero-order chi connectivity index (χ0) is 23.7. The van der Waals surface area contributed by atoms with Gasteiger partial charge in [0, 0.05) is 23.9 Å². The Morgan fingerprint density at radius 3 is 2.61 bits per heavy atom. The number of rotatable bonds is 2. The van der Waals surface area contributed by atoms with E-state index < -0.39 is 5.92 Å². The highest BCUT2D eigenvalue weighted by atomic mass is 16.2. The summed E-state index contributed by atoms with van der Waals surface area (Å²) in [5.41, 5.74) is 4.82. The Bertz CT molecular complexity index is 1030.